The van der Waals surface area contributed by atoms with Gasteiger partial charge >= 0.3 is 0 Å². The molecule has 1 aliphatic heterocycles. The topological polar surface area (TPSA) is 111 Å². The molecule has 1 fully saturated rings. The molecule has 0 bridgehead atoms. The van der Waals surface area contributed by atoms with E-state index in [1.165, 1.54) is 0 Å². The Morgan fingerprint density at radius 2 is 1.49 bits per heavy atom. The maximum absolute atomic E-state index is 13.7. The number of carbonyl (C=O) groups is 2. The summed E-state index contributed by atoms with van der Waals surface area (Å²) in [7, 11) is -3.44. The summed E-state index contributed by atoms with van der Waals surface area (Å²) in [5.74, 6) is -0.403. The van der Waals surface area contributed by atoms with Gasteiger partial charge < -0.3 is 20.4 Å². The lowest BCUT2D eigenvalue weighted by Crippen LogP contribution is -2.55. The van der Waals surface area contributed by atoms with Crippen molar-refractivity contribution in [3.8, 4) is 0 Å². The molecular formula is C29H33Cl2N5O4S. The molecule has 1 heterocycles. The number of amides is 2. The molecule has 12 heteroatoms. The molecular weight excluding hydrogens is 585 g/mol. The summed E-state index contributed by atoms with van der Waals surface area (Å²) in [5, 5.41) is 7.35. The van der Waals surface area contributed by atoms with Crippen molar-refractivity contribution in [2.75, 3.05) is 53.9 Å². The van der Waals surface area contributed by atoms with E-state index in [1.807, 2.05) is 41.3 Å². The van der Waals surface area contributed by atoms with Gasteiger partial charge in [-0.05, 0) is 54.1 Å². The molecule has 3 aromatic rings. The summed E-state index contributed by atoms with van der Waals surface area (Å²) in [6.07, 6.45) is 1.63. The first-order valence-electron chi connectivity index (χ1n) is 13.2. The van der Waals surface area contributed by atoms with Crippen molar-refractivity contribution in [3.63, 3.8) is 0 Å². The van der Waals surface area contributed by atoms with Crippen molar-refractivity contribution < 1.29 is 18.0 Å². The lowest BCUT2D eigenvalue weighted by atomic mass is 10.0. The molecule has 3 aromatic carbocycles. The van der Waals surface area contributed by atoms with E-state index in [-0.39, 0.29) is 18.2 Å². The Balaban J connectivity index is 1.39. The Morgan fingerprint density at radius 1 is 0.878 bits per heavy atom. The van der Waals surface area contributed by atoms with Crippen LogP contribution < -0.4 is 20.3 Å². The van der Waals surface area contributed by atoms with Crippen LogP contribution in [0.2, 0.25) is 10.0 Å². The summed E-state index contributed by atoms with van der Waals surface area (Å²) in [4.78, 5) is 30.4. The Hall–Kier alpha value is -3.47. The maximum atomic E-state index is 13.7. The van der Waals surface area contributed by atoms with Crippen LogP contribution in [0, 0.1) is 0 Å². The van der Waals surface area contributed by atoms with Gasteiger partial charge in [-0.3, -0.25) is 14.3 Å². The van der Waals surface area contributed by atoms with Gasteiger partial charge in [0.15, 0.2) is 0 Å². The van der Waals surface area contributed by atoms with Crippen LogP contribution >= 0.6 is 23.2 Å². The fourth-order valence-electron chi connectivity index (χ4n) is 4.63. The number of carbonyl (C=O) groups excluding carboxylic acids is 2. The number of nitrogens with zero attached hydrogens (tertiary/aromatic N) is 2. The molecule has 0 aromatic heterocycles. The number of para-hydroxylation sites is 2. The number of benzene rings is 3. The van der Waals surface area contributed by atoms with Crippen molar-refractivity contribution in [3.05, 3.63) is 88.4 Å². The lowest BCUT2D eigenvalue weighted by molar-refractivity contribution is -0.136. The van der Waals surface area contributed by atoms with Gasteiger partial charge in [-0.25, -0.2) is 8.42 Å². The molecule has 0 aliphatic carbocycles. The number of halogens is 2. The molecule has 0 spiro atoms. The number of piperazine rings is 1. The third-order valence-corrected chi connectivity index (χ3v) is 7.74. The number of rotatable bonds is 11. The molecule has 1 atom stereocenters. The van der Waals surface area contributed by atoms with Crippen LogP contribution in [0.25, 0.3) is 0 Å². The number of nitrogens with one attached hydrogen (secondary N) is 3. The lowest BCUT2D eigenvalue weighted by Gasteiger charge is -2.38. The first-order valence-corrected chi connectivity index (χ1v) is 15.9. The minimum atomic E-state index is -3.44. The van der Waals surface area contributed by atoms with E-state index < -0.39 is 16.1 Å². The third kappa shape index (κ3) is 9.27. The zero-order chi connectivity index (χ0) is 29.4. The van der Waals surface area contributed by atoms with E-state index in [1.54, 1.807) is 41.3 Å². The second-order valence-corrected chi connectivity index (χ2v) is 12.5. The molecule has 1 aliphatic rings. The third-order valence-electron chi connectivity index (χ3n) is 6.64. The van der Waals surface area contributed by atoms with Crippen LogP contribution in [0.5, 0.6) is 0 Å². The van der Waals surface area contributed by atoms with Crippen LogP contribution in [0.4, 0.5) is 17.1 Å². The quantitative estimate of drug-likeness (QED) is 0.297. The largest absolute Gasteiger partial charge is 0.385 e. The molecule has 218 valence electrons. The van der Waals surface area contributed by atoms with E-state index in [9.17, 15) is 18.0 Å². The highest BCUT2D eigenvalue weighted by atomic mass is 35.5. The molecule has 1 unspecified atom stereocenters. The van der Waals surface area contributed by atoms with Crippen molar-refractivity contribution in [2.45, 2.75) is 18.9 Å². The summed E-state index contributed by atoms with van der Waals surface area (Å²) >= 11 is 12.0. The van der Waals surface area contributed by atoms with E-state index in [2.05, 4.69) is 15.4 Å². The summed E-state index contributed by atoms with van der Waals surface area (Å²) in [5.41, 5.74) is 2.98. The molecule has 9 nitrogen and oxygen atoms in total. The Bertz CT molecular complexity index is 1440. The minimum Gasteiger partial charge on any atom is -0.385 e. The second kappa shape index (κ2) is 13.9. The van der Waals surface area contributed by atoms with Gasteiger partial charge in [-0.15, -0.1) is 0 Å². The standard InChI is InChI=1S/C29H33Cl2N5O4S/c1-41(39,40)34-25-4-2-3-5-27(25)35-16-18-36(19-17-35)29(38)26(20-21-6-8-22(30)9-7-21)33-28(37)14-15-32-24-12-10-23(31)11-13-24/h2-13,26,32,34H,14-20H2,1H3,(H,33,37). The van der Waals surface area contributed by atoms with Crippen LogP contribution in [-0.4, -0.2) is 70.2 Å². The molecule has 2 amide bonds. The molecule has 0 saturated carbocycles. The van der Waals surface area contributed by atoms with Crippen LogP contribution in [0.15, 0.2) is 72.8 Å². The highest BCUT2D eigenvalue weighted by Gasteiger charge is 2.29. The number of anilines is 3. The zero-order valence-electron chi connectivity index (χ0n) is 22.6. The van der Waals surface area contributed by atoms with Crippen LogP contribution in [0.1, 0.15) is 12.0 Å². The number of hydrogen-bond donors (Lipinski definition) is 3. The predicted molar refractivity (Wildman–Crippen MR) is 165 cm³/mol. The molecule has 41 heavy (non-hydrogen) atoms. The van der Waals surface area contributed by atoms with Crippen molar-refractivity contribution in [1.29, 1.82) is 0 Å². The van der Waals surface area contributed by atoms with Crippen LogP contribution in [-0.2, 0) is 26.0 Å². The first kappa shape index (κ1) is 30.5. The van der Waals surface area contributed by atoms with Crippen molar-refractivity contribution >= 4 is 62.1 Å². The molecule has 1 saturated heterocycles. The molecule has 3 N–H and O–H groups in total. The van der Waals surface area contributed by atoms with Gasteiger partial charge in [0.25, 0.3) is 0 Å². The fourth-order valence-corrected chi connectivity index (χ4v) is 5.46. The summed E-state index contributed by atoms with van der Waals surface area (Å²) in [6, 6.07) is 20.9. The molecule has 4 rings (SSSR count). The summed E-state index contributed by atoms with van der Waals surface area (Å²) in [6.45, 7) is 2.28. The number of sulfonamides is 1. The number of hydrogen-bond acceptors (Lipinski definition) is 6. The Labute approximate surface area is 250 Å². The zero-order valence-corrected chi connectivity index (χ0v) is 25.0. The predicted octanol–water partition coefficient (Wildman–Crippen LogP) is 4.24. The average molecular weight is 619 g/mol. The van der Waals surface area contributed by atoms with E-state index in [4.69, 9.17) is 23.2 Å². The van der Waals surface area contributed by atoms with Crippen molar-refractivity contribution in [1.82, 2.24) is 10.2 Å². The Morgan fingerprint density at radius 3 is 2.12 bits per heavy atom. The first-order chi connectivity index (χ1) is 19.6. The fraction of sp³-hybridized carbons (Fsp3) is 0.310. The maximum Gasteiger partial charge on any atom is 0.245 e. The monoisotopic (exact) mass is 617 g/mol. The molecule has 0 radical (unpaired) electrons. The Kier molecular flexibility index (Phi) is 10.4. The average Bonchev–Trinajstić information content (AvgIpc) is 2.94. The van der Waals surface area contributed by atoms with Gasteiger partial charge in [0.1, 0.15) is 6.04 Å². The minimum absolute atomic E-state index is 0.166. The van der Waals surface area contributed by atoms with E-state index in [0.717, 1.165) is 23.2 Å². The van der Waals surface area contributed by atoms with Gasteiger partial charge in [0, 0.05) is 61.3 Å². The van der Waals surface area contributed by atoms with Gasteiger partial charge in [-0.2, -0.15) is 0 Å². The normalized spacial score (nSPS) is 14.3. The van der Waals surface area contributed by atoms with E-state index >= 15 is 0 Å². The SMILES string of the molecule is CS(=O)(=O)Nc1ccccc1N1CCN(C(=O)C(Cc2ccc(Cl)cc2)NC(=O)CCNc2ccc(Cl)cc2)CC1. The highest BCUT2D eigenvalue weighted by molar-refractivity contribution is 7.92. The summed E-state index contributed by atoms with van der Waals surface area (Å²) < 4.78 is 26.2. The van der Waals surface area contributed by atoms with Gasteiger partial charge in [0.2, 0.25) is 21.8 Å². The second-order valence-electron chi connectivity index (χ2n) is 9.84. The van der Waals surface area contributed by atoms with Crippen molar-refractivity contribution in [2.24, 2.45) is 0 Å². The van der Waals surface area contributed by atoms with Gasteiger partial charge in [-0.1, -0.05) is 47.5 Å². The van der Waals surface area contributed by atoms with E-state index in [0.29, 0.717) is 54.9 Å². The van der Waals surface area contributed by atoms with Gasteiger partial charge in [0.05, 0.1) is 17.6 Å². The smallest absolute Gasteiger partial charge is 0.245 e. The van der Waals surface area contributed by atoms with Crippen LogP contribution in [0.3, 0.4) is 0 Å². The highest BCUT2D eigenvalue weighted by Crippen LogP contribution is 2.27.